The molecule has 2 heterocycles. The van der Waals surface area contributed by atoms with Crippen LogP contribution < -0.4 is 10.6 Å². The van der Waals surface area contributed by atoms with Crippen molar-refractivity contribution in [2.45, 2.75) is 25.9 Å². The Morgan fingerprint density at radius 3 is 2.78 bits per heavy atom. The summed E-state index contributed by atoms with van der Waals surface area (Å²) in [6.07, 6.45) is 5.10. The molecule has 2 rings (SSSR count). The Labute approximate surface area is 107 Å². The van der Waals surface area contributed by atoms with E-state index in [1.54, 1.807) is 18.5 Å². The van der Waals surface area contributed by atoms with Crippen LogP contribution in [-0.4, -0.2) is 35.1 Å². The van der Waals surface area contributed by atoms with Gasteiger partial charge in [0.1, 0.15) is 5.84 Å². The van der Waals surface area contributed by atoms with Crippen molar-refractivity contribution in [3.8, 4) is 0 Å². The zero-order chi connectivity index (χ0) is 13.1. The van der Waals surface area contributed by atoms with Crippen LogP contribution in [0.25, 0.3) is 0 Å². The minimum Gasteiger partial charge on any atom is -0.393 e. The van der Waals surface area contributed by atoms with E-state index < -0.39 is 0 Å². The number of aliphatic hydroxyl groups excluding tert-OH is 1. The van der Waals surface area contributed by atoms with Crippen molar-refractivity contribution in [2.75, 3.05) is 18.0 Å². The van der Waals surface area contributed by atoms with E-state index in [0.29, 0.717) is 5.92 Å². The molecular formula is C13H20N4O. The van der Waals surface area contributed by atoms with Crippen molar-refractivity contribution in [3.05, 3.63) is 24.0 Å². The Hall–Kier alpha value is -1.62. The number of rotatable bonds is 3. The summed E-state index contributed by atoms with van der Waals surface area (Å²) in [7, 11) is 0. The molecule has 98 valence electrons. The van der Waals surface area contributed by atoms with Crippen LogP contribution in [0, 0.1) is 11.3 Å². The fourth-order valence-electron chi connectivity index (χ4n) is 2.49. The van der Waals surface area contributed by atoms with Crippen molar-refractivity contribution >= 4 is 11.5 Å². The Bertz CT molecular complexity index is 425. The van der Waals surface area contributed by atoms with E-state index >= 15 is 0 Å². The molecule has 0 amide bonds. The van der Waals surface area contributed by atoms with Crippen LogP contribution in [0.3, 0.4) is 0 Å². The molecule has 1 saturated heterocycles. The normalized spacial score (nSPS) is 18.7. The summed E-state index contributed by atoms with van der Waals surface area (Å²) in [5, 5.41) is 17.2. The molecule has 18 heavy (non-hydrogen) atoms. The molecule has 4 N–H and O–H groups in total. The van der Waals surface area contributed by atoms with Crippen LogP contribution in [0.15, 0.2) is 18.5 Å². The second-order valence-electron chi connectivity index (χ2n) is 4.87. The van der Waals surface area contributed by atoms with Gasteiger partial charge in [0.05, 0.1) is 18.0 Å². The van der Waals surface area contributed by atoms with E-state index in [-0.39, 0.29) is 11.9 Å². The molecule has 0 bridgehead atoms. The predicted molar refractivity (Wildman–Crippen MR) is 71.9 cm³/mol. The van der Waals surface area contributed by atoms with E-state index in [0.717, 1.165) is 37.2 Å². The summed E-state index contributed by atoms with van der Waals surface area (Å²) in [5.41, 5.74) is 7.25. The number of hydrogen-bond acceptors (Lipinski definition) is 4. The summed E-state index contributed by atoms with van der Waals surface area (Å²) in [4.78, 5) is 6.31. The number of aromatic nitrogens is 1. The standard InChI is InChI=1S/C13H20N4O/c1-9(18)10-3-6-17(7-4-10)12-8-16-5-2-11(12)13(14)15/h2,5,8-10,18H,3-4,6-7H2,1H3,(H3,14,15). The second kappa shape index (κ2) is 5.35. The quantitative estimate of drug-likeness (QED) is 0.549. The maximum absolute atomic E-state index is 9.59. The molecule has 5 nitrogen and oxygen atoms in total. The van der Waals surface area contributed by atoms with E-state index in [9.17, 15) is 5.11 Å². The number of piperidine rings is 1. The van der Waals surface area contributed by atoms with Crippen molar-refractivity contribution in [3.63, 3.8) is 0 Å². The van der Waals surface area contributed by atoms with Gasteiger partial charge in [-0.15, -0.1) is 0 Å². The fourth-order valence-corrected chi connectivity index (χ4v) is 2.49. The highest BCUT2D eigenvalue weighted by Crippen LogP contribution is 2.26. The fraction of sp³-hybridized carbons (Fsp3) is 0.538. The first kappa shape index (κ1) is 12.8. The minimum atomic E-state index is -0.242. The molecule has 1 aliphatic heterocycles. The first-order valence-electron chi connectivity index (χ1n) is 6.31. The van der Waals surface area contributed by atoms with E-state index in [4.69, 9.17) is 11.1 Å². The lowest BCUT2D eigenvalue weighted by Crippen LogP contribution is -2.38. The van der Waals surface area contributed by atoms with Gasteiger partial charge in [-0.05, 0) is 31.7 Å². The average Bonchev–Trinajstić information content (AvgIpc) is 2.39. The van der Waals surface area contributed by atoms with Crippen LogP contribution in [0.2, 0.25) is 0 Å². The number of nitrogens with two attached hydrogens (primary N) is 1. The van der Waals surface area contributed by atoms with Gasteiger partial charge in [0, 0.05) is 24.8 Å². The van der Waals surface area contributed by atoms with E-state index in [1.807, 2.05) is 6.92 Å². The molecule has 1 fully saturated rings. The van der Waals surface area contributed by atoms with Crippen molar-refractivity contribution in [1.29, 1.82) is 5.41 Å². The van der Waals surface area contributed by atoms with Gasteiger partial charge in [0.25, 0.3) is 0 Å². The lowest BCUT2D eigenvalue weighted by molar-refractivity contribution is 0.110. The molecule has 0 spiro atoms. The van der Waals surface area contributed by atoms with Gasteiger partial charge in [-0.25, -0.2) is 0 Å². The smallest absolute Gasteiger partial charge is 0.125 e. The van der Waals surface area contributed by atoms with Crippen molar-refractivity contribution in [2.24, 2.45) is 11.7 Å². The zero-order valence-corrected chi connectivity index (χ0v) is 10.6. The molecule has 1 unspecified atom stereocenters. The van der Waals surface area contributed by atoms with Gasteiger partial charge >= 0.3 is 0 Å². The average molecular weight is 248 g/mol. The van der Waals surface area contributed by atoms with Gasteiger partial charge in [0.15, 0.2) is 0 Å². The number of hydrogen-bond donors (Lipinski definition) is 3. The Balaban J connectivity index is 2.12. The summed E-state index contributed by atoms with van der Waals surface area (Å²) < 4.78 is 0. The molecule has 0 aliphatic carbocycles. The molecule has 0 radical (unpaired) electrons. The van der Waals surface area contributed by atoms with E-state index in [2.05, 4.69) is 9.88 Å². The zero-order valence-electron chi connectivity index (χ0n) is 10.6. The topological polar surface area (TPSA) is 86.2 Å². The summed E-state index contributed by atoms with van der Waals surface area (Å²) in [5.74, 6) is 0.448. The third kappa shape index (κ3) is 2.61. The Kier molecular flexibility index (Phi) is 3.81. The highest BCUT2D eigenvalue weighted by atomic mass is 16.3. The van der Waals surface area contributed by atoms with E-state index in [1.165, 1.54) is 0 Å². The van der Waals surface area contributed by atoms with Gasteiger partial charge in [0.2, 0.25) is 0 Å². The molecule has 0 aromatic carbocycles. The first-order chi connectivity index (χ1) is 8.59. The second-order valence-corrected chi connectivity index (χ2v) is 4.87. The number of pyridine rings is 1. The summed E-state index contributed by atoms with van der Waals surface area (Å²) in [6, 6.07) is 1.78. The molecule has 0 saturated carbocycles. The first-order valence-corrected chi connectivity index (χ1v) is 6.31. The lowest BCUT2D eigenvalue weighted by atomic mass is 9.92. The molecule has 5 heteroatoms. The van der Waals surface area contributed by atoms with Gasteiger partial charge in [-0.1, -0.05) is 0 Å². The SMILES string of the molecule is CC(O)C1CCN(c2cnccc2C(=N)N)CC1. The molecule has 1 aromatic rings. The van der Waals surface area contributed by atoms with Crippen LogP contribution in [-0.2, 0) is 0 Å². The predicted octanol–water partition coefficient (Wildman–Crippen LogP) is 0.963. The van der Waals surface area contributed by atoms with Crippen molar-refractivity contribution in [1.82, 2.24) is 4.98 Å². The molecule has 1 atom stereocenters. The van der Waals surface area contributed by atoms with Crippen molar-refractivity contribution < 1.29 is 5.11 Å². The van der Waals surface area contributed by atoms with Gasteiger partial charge < -0.3 is 15.7 Å². The third-order valence-electron chi connectivity index (χ3n) is 3.65. The van der Waals surface area contributed by atoms with Gasteiger partial charge in [-0.2, -0.15) is 0 Å². The van der Waals surface area contributed by atoms with Crippen LogP contribution in [0.4, 0.5) is 5.69 Å². The third-order valence-corrected chi connectivity index (χ3v) is 3.65. The van der Waals surface area contributed by atoms with Crippen LogP contribution >= 0.6 is 0 Å². The van der Waals surface area contributed by atoms with Crippen LogP contribution in [0.1, 0.15) is 25.3 Å². The van der Waals surface area contributed by atoms with Crippen LogP contribution in [0.5, 0.6) is 0 Å². The number of nitrogens with zero attached hydrogens (tertiary/aromatic N) is 2. The molecule has 1 aliphatic rings. The summed E-state index contributed by atoms with van der Waals surface area (Å²) in [6.45, 7) is 3.61. The summed E-state index contributed by atoms with van der Waals surface area (Å²) >= 11 is 0. The number of anilines is 1. The number of aliphatic hydroxyl groups is 1. The maximum Gasteiger partial charge on any atom is 0.125 e. The monoisotopic (exact) mass is 248 g/mol. The maximum atomic E-state index is 9.59. The molecular weight excluding hydrogens is 228 g/mol. The largest absolute Gasteiger partial charge is 0.393 e. The highest BCUT2D eigenvalue weighted by Gasteiger charge is 2.24. The Morgan fingerprint density at radius 1 is 1.56 bits per heavy atom. The number of nitrogens with one attached hydrogen (secondary N) is 1. The molecule has 1 aromatic heterocycles. The number of nitrogen functional groups attached to an aromatic ring is 1. The number of amidine groups is 1. The highest BCUT2D eigenvalue weighted by molar-refractivity contribution is 6.00. The Morgan fingerprint density at radius 2 is 2.22 bits per heavy atom. The minimum absolute atomic E-state index is 0.0741. The lowest BCUT2D eigenvalue weighted by Gasteiger charge is -2.35. The van der Waals surface area contributed by atoms with Gasteiger partial charge in [-0.3, -0.25) is 10.4 Å².